The summed E-state index contributed by atoms with van der Waals surface area (Å²) < 4.78 is 14.2. The minimum atomic E-state index is -0.538. The molecule has 0 atom stereocenters. The van der Waals surface area contributed by atoms with Crippen LogP contribution < -0.4 is 5.32 Å². The number of rotatable bonds is 2. The number of benzene rings is 2. The third-order valence-corrected chi connectivity index (χ3v) is 3.06. The Morgan fingerprint density at radius 1 is 1.22 bits per heavy atom. The first kappa shape index (κ1) is 12.8. The van der Waals surface area contributed by atoms with Crippen LogP contribution in [0, 0.1) is 12.7 Å². The molecule has 1 amide bonds. The Bertz CT molecular complexity index is 598. The Morgan fingerprint density at radius 2 is 1.94 bits per heavy atom. The second kappa shape index (κ2) is 5.31. The van der Waals surface area contributed by atoms with Gasteiger partial charge < -0.3 is 5.32 Å². The first-order chi connectivity index (χ1) is 8.58. The molecule has 0 aliphatic carbocycles. The molecule has 2 nitrogen and oxygen atoms in total. The van der Waals surface area contributed by atoms with Gasteiger partial charge in [-0.05, 0) is 36.8 Å². The SMILES string of the molecule is Cc1ccccc1NC(=O)c1cc(Br)ccc1F. The van der Waals surface area contributed by atoms with Gasteiger partial charge >= 0.3 is 0 Å². The summed E-state index contributed by atoms with van der Waals surface area (Å²) in [5.41, 5.74) is 1.63. The van der Waals surface area contributed by atoms with Crippen LogP contribution >= 0.6 is 15.9 Å². The lowest BCUT2D eigenvalue weighted by Gasteiger charge is -2.08. The molecule has 0 saturated carbocycles. The predicted molar refractivity (Wildman–Crippen MR) is 73.2 cm³/mol. The van der Waals surface area contributed by atoms with E-state index in [1.165, 1.54) is 12.1 Å². The van der Waals surface area contributed by atoms with E-state index < -0.39 is 11.7 Å². The lowest BCUT2D eigenvalue weighted by molar-refractivity contribution is 0.102. The Morgan fingerprint density at radius 3 is 2.67 bits per heavy atom. The standard InChI is InChI=1S/C14H11BrFNO/c1-9-4-2-3-5-13(9)17-14(18)11-8-10(15)6-7-12(11)16/h2-8H,1H3,(H,17,18). The Labute approximate surface area is 113 Å². The van der Waals surface area contributed by atoms with Crippen molar-refractivity contribution in [2.24, 2.45) is 0 Å². The average Bonchev–Trinajstić information content (AvgIpc) is 2.35. The normalized spacial score (nSPS) is 10.2. The molecule has 0 aliphatic rings. The van der Waals surface area contributed by atoms with Gasteiger partial charge in [-0.3, -0.25) is 4.79 Å². The highest BCUT2D eigenvalue weighted by atomic mass is 79.9. The van der Waals surface area contributed by atoms with Gasteiger partial charge in [0.15, 0.2) is 0 Å². The van der Waals surface area contributed by atoms with Crippen LogP contribution in [0.4, 0.5) is 10.1 Å². The maximum atomic E-state index is 13.5. The molecule has 2 aromatic rings. The molecule has 2 aromatic carbocycles. The molecule has 0 bridgehead atoms. The van der Waals surface area contributed by atoms with E-state index in [1.807, 2.05) is 25.1 Å². The average molecular weight is 308 g/mol. The Hall–Kier alpha value is -1.68. The third kappa shape index (κ3) is 2.76. The van der Waals surface area contributed by atoms with Gasteiger partial charge in [0.05, 0.1) is 5.56 Å². The molecule has 18 heavy (non-hydrogen) atoms. The van der Waals surface area contributed by atoms with Crippen molar-refractivity contribution < 1.29 is 9.18 Å². The van der Waals surface area contributed by atoms with E-state index in [1.54, 1.807) is 12.1 Å². The molecule has 0 fully saturated rings. The van der Waals surface area contributed by atoms with E-state index in [4.69, 9.17) is 0 Å². The lowest BCUT2D eigenvalue weighted by atomic mass is 10.1. The zero-order chi connectivity index (χ0) is 13.1. The molecule has 0 radical (unpaired) electrons. The fraction of sp³-hybridized carbons (Fsp3) is 0.0714. The number of hydrogen-bond donors (Lipinski definition) is 1. The number of carbonyl (C=O) groups excluding carboxylic acids is 1. The zero-order valence-corrected chi connectivity index (χ0v) is 11.3. The summed E-state index contributed by atoms with van der Waals surface area (Å²) >= 11 is 3.22. The van der Waals surface area contributed by atoms with Gasteiger partial charge in [-0.2, -0.15) is 0 Å². The van der Waals surface area contributed by atoms with Crippen LogP contribution in [-0.4, -0.2) is 5.91 Å². The summed E-state index contributed by atoms with van der Waals surface area (Å²) in [5.74, 6) is -0.993. The van der Waals surface area contributed by atoms with E-state index in [9.17, 15) is 9.18 Å². The first-order valence-electron chi connectivity index (χ1n) is 5.40. The Kier molecular flexibility index (Phi) is 3.77. The molecule has 0 heterocycles. The van der Waals surface area contributed by atoms with Gasteiger partial charge in [0.25, 0.3) is 5.91 Å². The molecule has 92 valence electrons. The van der Waals surface area contributed by atoms with Crippen LogP contribution in [-0.2, 0) is 0 Å². The van der Waals surface area contributed by atoms with Crippen molar-refractivity contribution in [1.29, 1.82) is 0 Å². The van der Waals surface area contributed by atoms with Crippen LogP contribution in [0.3, 0.4) is 0 Å². The second-order valence-electron chi connectivity index (χ2n) is 3.89. The number of para-hydroxylation sites is 1. The number of amides is 1. The van der Waals surface area contributed by atoms with E-state index in [-0.39, 0.29) is 5.56 Å². The van der Waals surface area contributed by atoms with Gasteiger partial charge in [-0.1, -0.05) is 34.1 Å². The van der Waals surface area contributed by atoms with Crippen molar-refractivity contribution >= 4 is 27.5 Å². The van der Waals surface area contributed by atoms with Gasteiger partial charge in [0, 0.05) is 10.2 Å². The lowest BCUT2D eigenvalue weighted by Crippen LogP contribution is -2.14. The minimum Gasteiger partial charge on any atom is -0.322 e. The van der Waals surface area contributed by atoms with Crippen molar-refractivity contribution in [3.05, 3.63) is 63.9 Å². The maximum Gasteiger partial charge on any atom is 0.258 e. The summed E-state index contributed by atoms with van der Waals surface area (Å²) in [6.07, 6.45) is 0. The van der Waals surface area contributed by atoms with Gasteiger partial charge in [0.1, 0.15) is 5.82 Å². The molecular weight excluding hydrogens is 297 g/mol. The van der Waals surface area contributed by atoms with Gasteiger partial charge in [-0.25, -0.2) is 4.39 Å². The summed E-state index contributed by atoms with van der Waals surface area (Å²) in [6.45, 7) is 1.88. The minimum absolute atomic E-state index is 0.0210. The summed E-state index contributed by atoms with van der Waals surface area (Å²) in [5, 5.41) is 2.69. The van der Waals surface area contributed by atoms with E-state index in [2.05, 4.69) is 21.2 Å². The largest absolute Gasteiger partial charge is 0.322 e. The summed E-state index contributed by atoms with van der Waals surface area (Å²) in [6, 6.07) is 11.6. The molecular formula is C14H11BrFNO. The number of hydrogen-bond acceptors (Lipinski definition) is 1. The topological polar surface area (TPSA) is 29.1 Å². The molecule has 0 aliphatic heterocycles. The van der Waals surface area contributed by atoms with Crippen LogP contribution in [0.5, 0.6) is 0 Å². The molecule has 0 unspecified atom stereocenters. The number of anilines is 1. The smallest absolute Gasteiger partial charge is 0.258 e. The molecule has 4 heteroatoms. The van der Waals surface area contributed by atoms with Crippen molar-refractivity contribution in [3.63, 3.8) is 0 Å². The van der Waals surface area contributed by atoms with Crippen LogP contribution in [0.25, 0.3) is 0 Å². The maximum absolute atomic E-state index is 13.5. The van der Waals surface area contributed by atoms with Crippen LogP contribution in [0.2, 0.25) is 0 Å². The van der Waals surface area contributed by atoms with Gasteiger partial charge in [0.2, 0.25) is 0 Å². The number of halogens is 2. The molecule has 0 saturated heterocycles. The molecule has 0 aromatic heterocycles. The van der Waals surface area contributed by atoms with Crippen LogP contribution in [0.15, 0.2) is 46.9 Å². The number of carbonyl (C=O) groups is 1. The van der Waals surface area contributed by atoms with Crippen molar-refractivity contribution in [2.45, 2.75) is 6.92 Å². The van der Waals surface area contributed by atoms with Crippen molar-refractivity contribution in [2.75, 3.05) is 5.32 Å². The summed E-state index contributed by atoms with van der Waals surface area (Å²) in [4.78, 5) is 12.0. The molecule has 1 N–H and O–H groups in total. The van der Waals surface area contributed by atoms with Crippen molar-refractivity contribution in [1.82, 2.24) is 0 Å². The fourth-order valence-electron chi connectivity index (χ4n) is 1.57. The number of nitrogens with one attached hydrogen (secondary N) is 1. The fourth-order valence-corrected chi connectivity index (χ4v) is 1.94. The zero-order valence-electron chi connectivity index (χ0n) is 9.71. The van der Waals surface area contributed by atoms with Crippen LogP contribution in [0.1, 0.15) is 15.9 Å². The monoisotopic (exact) mass is 307 g/mol. The molecule has 2 rings (SSSR count). The highest BCUT2D eigenvalue weighted by molar-refractivity contribution is 9.10. The second-order valence-corrected chi connectivity index (χ2v) is 4.81. The van der Waals surface area contributed by atoms with E-state index in [0.717, 1.165) is 5.56 Å². The highest BCUT2D eigenvalue weighted by Gasteiger charge is 2.12. The molecule has 0 spiro atoms. The quantitative estimate of drug-likeness (QED) is 0.887. The van der Waals surface area contributed by atoms with Gasteiger partial charge in [-0.15, -0.1) is 0 Å². The highest BCUT2D eigenvalue weighted by Crippen LogP contribution is 2.19. The third-order valence-electron chi connectivity index (χ3n) is 2.57. The van der Waals surface area contributed by atoms with Crippen molar-refractivity contribution in [3.8, 4) is 0 Å². The summed E-state index contributed by atoms with van der Waals surface area (Å²) in [7, 11) is 0. The predicted octanol–water partition coefficient (Wildman–Crippen LogP) is 4.15. The number of aryl methyl sites for hydroxylation is 1. The first-order valence-corrected chi connectivity index (χ1v) is 6.19. The Balaban J connectivity index is 2.28. The van der Waals surface area contributed by atoms with E-state index in [0.29, 0.717) is 10.2 Å². The van der Waals surface area contributed by atoms with E-state index >= 15 is 0 Å².